The zero-order valence-electron chi connectivity index (χ0n) is 12.4. The number of amides is 1. The van der Waals surface area contributed by atoms with Gasteiger partial charge in [0.25, 0.3) is 5.91 Å². The first kappa shape index (κ1) is 14.7. The van der Waals surface area contributed by atoms with Crippen LogP contribution in [0.5, 0.6) is 11.5 Å². The van der Waals surface area contributed by atoms with Crippen molar-refractivity contribution in [2.24, 2.45) is 0 Å². The summed E-state index contributed by atoms with van der Waals surface area (Å²) in [4.78, 5) is 12.0. The van der Waals surface area contributed by atoms with Crippen LogP contribution in [0, 0.1) is 0 Å². The zero-order chi connectivity index (χ0) is 16.1. The molecule has 23 heavy (non-hydrogen) atoms. The minimum atomic E-state index is -0.352. The van der Waals surface area contributed by atoms with Crippen molar-refractivity contribution < 1.29 is 18.7 Å². The van der Waals surface area contributed by atoms with Gasteiger partial charge in [-0.1, -0.05) is 12.1 Å². The van der Waals surface area contributed by atoms with Crippen molar-refractivity contribution in [2.75, 3.05) is 12.4 Å². The van der Waals surface area contributed by atoms with Crippen LogP contribution in [0.15, 0.2) is 53.2 Å². The van der Waals surface area contributed by atoms with Gasteiger partial charge in [0.1, 0.15) is 12.4 Å². The summed E-state index contributed by atoms with van der Waals surface area (Å²) in [5.41, 5.74) is 0.568. The van der Waals surface area contributed by atoms with Gasteiger partial charge < -0.3 is 19.2 Å². The number of nitrogens with one attached hydrogen (secondary N) is 2. The number of benzene rings is 1. The van der Waals surface area contributed by atoms with Crippen LogP contribution >= 0.6 is 0 Å². The lowest BCUT2D eigenvalue weighted by Gasteiger charge is -2.08. The third kappa shape index (κ3) is 3.52. The Hall–Kier alpha value is -3.22. The largest absolute Gasteiger partial charge is 0.493 e. The molecule has 2 aromatic heterocycles. The van der Waals surface area contributed by atoms with E-state index in [1.807, 2.05) is 12.1 Å². The maximum atomic E-state index is 12.0. The second-order valence-corrected chi connectivity index (χ2v) is 4.65. The fourth-order valence-electron chi connectivity index (χ4n) is 1.98. The first-order valence-electron chi connectivity index (χ1n) is 6.91. The predicted molar refractivity (Wildman–Crippen MR) is 82.6 cm³/mol. The van der Waals surface area contributed by atoms with E-state index in [9.17, 15) is 4.79 Å². The third-order valence-corrected chi connectivity index (χ3v) is 3.08. The van der Waals surface area contributed by atoms with E-state index in [1.165, 1.54) is 6.20 Å². The molecule has 0 saturated carbocycles. The highest BCUT2D eigenvalue weighted by molar-refractivity contribution is 6.02. The van der Waals surface area contributed by atoms with Crippen molar-refractivity contribution in [3.63, 3.8) is 0 Å². The molecule has 118 valence electrons. The number of anilines is 1. The summed E-state index contributed by atoms with van der Waals surface area (Å²) in [6, 6.07) is 10.6. The van der Waals surface area contributed by atoms with Crippen molar-refractivity contribution in [1.29, 1.82) is 0 Å². The molecule has 0 saturated heterocycles. The van der Waals surface area contributed by atoms with Crippen LogP contribution in [-0.4, -0.2) is 23.2 Å². The van der Waals surface area contributed by atoms with Gasteiger partial charge in [-0.2, -0.15) is 5.10 Å². The fraction of sp³-hybridized carbons (Fsp3) is 0.125. The van der Waals surface area contributed by atoms with Crippen molar-refractivity contribution in [1.82, 2.24) is 10.2 Å². The van der Waals surface area contributed by atoms with Crippen LogP contribution < -0.4 is 14.8 Å². The quantitative estimate of drug-likeness (QED) is 0.730. The number of furan rings is 1. The second kappa shape index (κ2) is 6.69. The topological polar surface area (TPSA) is 89.4 Å². The van der Waals surface area contributed by atoms with Crippen molar-refractivity contribution in [2.45, 2.75) is 6.61 Å². The lowest BCUT2D eigenvalue weighted by Crippen LogP contribution is -2.10. The zero-order valence-corrected chi connectivity index (χ0v) is 12.4. The highest BCUT2D eigenvalue weighted by Crippen LogP contribution is 2.26. The number of carbonyl (C=O) groups is 1. The van der Waals surface area contributed by atoms with Crippen LogP contribution in [-0.2, 0) is 6.61 Å². The lowest BCUT2D eigenvalue weighted by molar-refractivity contribution is 0.0992. The van der Waals surface area contributed by atoms with E-state index in [1.54, 1.807) is 37.6 Å². The molecule has 1 amide bonds. The number of carbonyl (C=O) groups excluding carboxylic acids is 1. The number of para-hydroxylation sites is 2. The molecule has 2 heterocycles. The summed E-state index contributed by atoms with van der Waals surface area (Å²) in [5, 5.41) is 9.02. The van der Waals surface area contributed by atoms with Gasteiger partial charge in [0.05, 0.1) is 19.0 Å². The van der Waals surface area contributed by atoms with Gasteiger partial charge in [0.15, 0.2) is 17.3 Å². The molecule has 0 atom stereocenters. The Morgan fingerprint density at radius 2 is 2.09 bits per heavy atom. The Labute approximate surface area is 132 Å². The molecular weight excluding hydrogens is 298 g/mol. The van der Waals surface area contributed by atoms with Gasteiger partial charge in [-0.3, -0.25) is 9.89 Å². The number of methoxy groups -OCH3 is 1. The molecule has 0 aliphatic carbocycles. The highest BCUT2D eigenvalue weighted by atomic mass is 16.5. The normalized spacial score (nSPS) is 10.3. The number of aromatic nitrogens is 2. The predicted octanol–water partition coefficient (Wildman–Crippen LogP) is 2.84. The molecule has 0 unspecified atom stereocenters. The van der Waals surface area contributed by atoms with Gasteiger partial charge in [-0.25, -0.2) is 0 Å². The summed E-state index contributed by atoms with van der Waals surface area (Å²) in [6.45, 7) is 0.194. The van der Waals surface area contributed by atoms with E-state index in [-0.39, 0.29) is 18.3 Å². The maximum Gasteiger partial charge on any atom is 0.291 e. The summed E-state index contributed by atoms with van der Waals surface area (Å²) < 4.78 is 16.3. The number of rotatable bonds is 6. The molecule has 3 aromatic rings. The van der Waals surface area contributed by atoms with Gasteiger partial charge in [0.2, 0.25) is 0 Å². The molecule has 0 spiro atoms. The molecule has 0 radical (unpaired) electrons. The SMILES string of the molecule is COc1ccccc1OCc1ccc(C(=O)Nc2cn[nH]c2)o1. The number of aromatic amines is 1. The monoisotopic (exact) mass is 313 g/mol. The lowest BCUT2D eigenvalue weighted by atomic mass is 10.3. The molecular formula is C16H15N3O4. The molecule has 0 aliphatic rings. The molecule has 3 rings (SSSR count). The number of nitrogens with zero attached hydrogens (tertiary/aromatic N) is 1. The molecule has 7 nitrogen and oxygen atoms in total. The molecule has 0 aliphatic heterocycles. The Balaban J connectivity index is 1.62. The second-order valence-electron chi connectivity index (χ2n) is 4.65. The van der Waals surface area contributed by atoms with Crippen molar-refractivity contribution in [3.05, 3.63) is 60.3 Å². The summed E-state index contributed by atoms with van der Waals surface area (Å²) >= 11 is 0. The Bertz CT molecular complexity index is 780. The summed E-state index contributed by atoms with van der Waals surface area (Å²) in [7, 11) is 1.58. The molecule has 2 N–H and O–H groups in total. The molecule has 7 heteroatoms. The van der Waals surface area contributed by atoms with E-state index in [0.29, 0.717) is 22.9 Å². The van der Waals surface area contributed by atoms with Crippen LogP contribution in [0.4, 0.5) is 5.69 Å². The summed E-state index contributed by atoms with van der Waals surface area (Å²) in [6.07, 6.45) is 3.08. The van der Waals surface area contributed by atoms with E-state index in [4.69, 9.17) is 13.9 Å². The van der Waals surface area contributed by atoms with E-state index in [2.05, 4.69) is 15.5 Å². The van der Waals surface area contributed by atoms with E-state index >= 15 is 0 Å². The minimum Gasteiger partial charge on any atom is -0.493 e. The average molecular weight is 313 g/mol. The van der Waals surface area contributed by atoms with Crippen molar-refractivity contribution in [3.8, 4) is 11.5 Å². The molecule has 1 aromatic carbocycles. The van der Waals surface area contributed by atoms with E-state index < -0.39 is 0 Å². The number of H-pyrrole nitrogens is 1. The standard InChI is InChI=1S/C16H15N3O4/c1-21-13-4-2-3-5-14(13)22-10-12-6-7-15(23-12)16(20)19-11-8-17-18-9-11/h2-9H,10H2,1H3,(H,17,18)(H,19,20). The van der Waals surface area contributed by atoms with Gasteiger partial charge in [-0.05, 0) is 24.3 Å². The van der Waals surface area contributed by atoms with Crippen LogP contribution in [0.3, 0.4) is 0 Å². The Morgan fingerprint density at radius 3 is 2.83 bits per heavy atom. The number of ether oxygens (including phenoxy) is 2. The van der Waals surface area contributed by atoms with Gasteiger partial charge in [0, 0.05) is 6.20 Å². The number of hydrogen-bond acceptors (Lipinski definition) is 5. The maximum absolute atomic E-state index is 12.0. The highest BCUT2D eigenvalue weighted by Gasteiger charge is 2.13. The average Bonchev–Trinajstić information content (AvgIpc) is 3.24. The Morgan fingerprint density at radius 1 is 1.26 bits per heavy atom. The smallest absolute Gasteiger partial charge is 0.291 e. The van der Waals surface area contributed by atoms with Crippen LogP contribution in [0.2, 0.25) is 0 Å². The molecule has 0 bridgehead atoms. The summed E-state index contributed by atoms with van der Waals surface area (Å²) in [5.74, 6) is 1.63. The van der Waals surface area contributed by atoms with E-state index in [0.717, 1.165) is 0 Å². The van der Waals surface area contributed by atoms with Crippen LogP contribution in [0.25, 0.3) is 0 Å². The fourth-order valence-corrected chi connectivity index (χ4v) is 1.98. The molecule has 0 fully saturated rings. The van der Waals surface area contributed by atoms with Crippen LogP contribution in [0.1, 0.15) is 16.3 Å². The Kier molecular flexibility index (Phi) is 4.28. The first-order chi connectivity index (χ1) is 11.3. The number of hydrogen-bond donors (Lipinski definition) is 2. The van der Waals surface area contributed by atoms with Crippen molar-refractivity contribution >= 4 is 11.6 Å². The van der Waals surface area contributed by atoms with Gasteiger partial charge >= 0.3 is 0 Å². The third-order valence-electron chi connectivity index (χ3n) is 3.08. The minimum absolute atomic E-state index is 0.194. The van der Waals surface area contributed by atoms with Gasteiger partial charge in [-0.15, -0.1) is 0 Å². The first-order valence-corrected chi connectivity index (χ1v) is 6.91.